The van der Waals surface area contributed by atoms with Crippen LogP contribution >= 0.6 is 0 Å². The Hall–Kier alpha value is -3.98. The number of pyridine rings is 1. The molecule has 37 heavy (non-hydrogen) atoms. The van der Waals surface area contributed by atoms with Crippen LogP contribution in [0.15, 0.2) is 64.3 Å². The molecule has 4 aromatic rings. The SMILES string of the molecule is O=C(O)C1C2CCC(CC2)C1NC1C=C(c2cc3ccccc3o2)NC(c2c[nH]c3ncc(F)cc23)=N1. The summed E-state index contributed by atoms with van der Waals surface area (Å²) in [6, 6.07) is 11.0. The number of hydrogen-bond acceptors (Lipinski definition) is 6. The van der Waals surface area contributed by atoms with Crippen molar-refractivity contribution in [1.82, 2.24) is 20.6 Å². The number of aliphatic imine (C=N–C) groups is 1. The second kappa shape index (κ2) is 8.55. The second-order valence-electron chi connectivity index (χ2n) is 10.3. The van der Waals surface area contributed by atoms with E-state index in [1.807, 2.05) is 36.4 Å². The fourth-order valence-corrected chi connectivity index (χ4v) is 6.43. The molecule has 3 saturated carbocycles. The molecule has 8 nitrogen and oxygen atoms in total. The Morgan fingerprint density at radius 1 is 1.14 bits per heavy atom. The van der Waals surface area contributed by atoms with Crippen molar-refractivity contribution in [3.05, 3.63) is 72.0 Å². The number of nitrogens with one attached hydrogen (secondary N) is 3. The summed E-state index contributed by atoms with van der Waals surface area (Å²) < 4.78 is 20.2. The maximum absolute atomic E-state index is 14.1. The van der Waals surface area contributed by atoms with Crippen LogP contribution in [0.3, 0.4) is 0 Å². The number of fused-ring (bicyclic) bond motifs is 5. The van der Waals surface area contributed by atoms with Gasteiger partial charge in [0.05, 0.1) is 17.8 Å². The molecular formula is C28H26FN5O3. The fourth-order valence-electron chi connectivity index (χ4n) is 6.43. The van der Waals surface area contributed by atoms with Crippen molar-refractivity contribution >= 4 is 39.5 Å². The largest absolute Gasteiger partial charge is 0.481 e. The summed E-state index contributed by atoms with van der Waals surface area (Å²) >= 11 is 0. The summed E-state index contributed by atoms with van der Waals surface area (Å²) in [5.74, 6) is 0.0439. The zero-order valence-electron chi connectivity index (χ0n) is 19.9. The van der Waals surface area contributed by atoms with Gasteiger partial charge in [-0.1, -0.05) is 18.2 Å². The third kappa shape index (κ3) is 3.81. The molecule has 4 N–H and O–H groups in total. The maximum atomic E-state index is 14.1. The van der Waals surface area contributed by atoms with Gasteiger partial charge in [-0.15, -0.1) is 0 Å². The van der Waals surface area contributed by atoms with Crippen molar-refractivity contribution in [3.63, 3.8) is 0 Å². The Morgan fingerprint density at radius 3 is 2.76 bits per heavy atom. The molecule has 0 spiro atoms. The first kappa shape index (κ1) is 22.2. The minimum atomic E-state index is -0.746. The van der Waals surface area contributed by atoms with E-state index < -0.39 is 23.9 Å². The molecule has 2 bridgehead atoms. The van der Waals surface area contributed by atoms with Crippen molar-refractivity contribution in [2.24, 2.45) is 22.7 Å². The molecule has 3 atom stereocenters. The van der Waals surface area contributed by atoms with E-state index in [0.29, 0.717) is 39.8 Å². The number of aromatic nitrogens is 2. The fraction of sp³-hybridized carbons (Fsp3) is 0.321. The van der Waals surface area contributed by atoms with E-state index >= 15 is 0 Å². The van der Waals surface area contributed by atoms with E-state index in [0.717, 1.165) is 36.7 Å². The molecule has 0 amide bonds. The molecule has 3 unspecified atom stereocenters. The van der Waals surface area contributed by atoms with Crippen LogP contribution in [-0.4, -0.2) is 39.1 Å². The third-order valence-electron chi connectivity index (χ3n) is 8.16. The van der Waals surface area contributed by atoms with Gasteiger partial charge in [-0.2, -0.15) is 0 Å². The highest BCUT2D eigenvalue weighted by Crippen LogP contribution is 2.45. The molecule has 0 saturated heterocycles. The van der Waals surface area contributed by atoms with Gasteiger partial charge in [0.1, 0.15) is 29.0 Å². The minimum absolute atomic E-state index is 0.173. The smallest absolute Gasteiger partial charge is 0.308 e. The van der Waals surface area contributed by atoms with Crippen molar-refractivity contribution in [1.29, 1.82) is 0 Å². The number of carbonyl (C=O) groups is 1. The quantitative estimate of drug-likeness (QED) is 0.318. The van der Waals surface area contributed by atoms with Crippen LogP contribution in [0.4, 0.5) is 4.39 Å². The van der Waals surface area contributed by atoms with Crippen LogP contribution in [0, 0.1) is 23.6 Å². The average molecular weight is 500 g/mol. The van der Waals surface area contributed by atoms with Gasteiger partial charge in [0.2, 0.25) is 0 Å². The summed E-state index contributed by atoms with van der Waals surface area (Å²) in [5, 5.41) is 18.6. The highest BCUT2D eigenvalue weighted by Gasteiger charge is 2.47. The summed E-state index contributed by atoms with van der Waals surface area (Å²) in [6.45, 7) is 0. The molecule has 0 radical (unpaired) electrons. The van der Waals surface area contributed by atoms with Gasteiger partial charge in [0, 0.05) is 28.6 Å². The molecule has 9 heteroatoms. The number of aromatic amines is 1. The Bertz CT molecular complexity index is 1550. The van der Waals surface area contributed by atoms with Crippen molar-refractivity contribution in [3.8, 4) is 0 Å². The lowest BCUT2D eigenvalue weighted by Crippen LogP contribution is -2.57. The summed E-state index contributed by atoms with van der Waals surface area (Å²) in [7, 11) is 0. The van der Waals surface area contributed by atoms with Crippen molar-refractivity contribution in [2.45, 2.75) is 37.9 Å². The van der Waals surface area contributed by atoms with Gasteiger partial charge < -0.3 is 19.8 Å². The molecule has 4 aliphatic rings. The van der Waals surface area contributed by atoms with Gasteiger partial charge in [0.25, 0.3) is 0 Å². The first-order valence-corrected chi connectivity index (χ1v) is 12.7. The first-order chi connectivity index (χ1) is 18.0. The normalized spacial score (nSPS) is 27.2. The number of nitrogens with zero attached hydrogens (tertiary/aromatic N) is 2. The number of hydrogen-bond donors (Lipinski definition) is 4. The standard InChI is InChI=1S/C28H26FN5O3/c29-17-10-18-19(13-31-26(18)30-12-17)27-32-20(22-9-16-3-1-2-4-21(16)37-22)11-23(34-27)33-25-15-7-5-14(6-8-15)24(25)28(35)36/h1-4,9-15,23-25,33H,5-8H2,(H,30,31)(H,32,34)(H,35,36). The van der Waals surface area contributed by atoms with Crippen LogP contribution in [0.25, 0.3) is 27.7 Å². The minimum Gasteiger partial charge on any atom is -0.481 e. The Labute approximate surface area is 211 Å². The molecule has 188 valence electrons. The number of rotatable bonds is 5. The monoisotopic (exact) mass is 499 g/mol. The number of carboxylic acids is 1. The number of carboxylic acid groups (broad SMARTS) is 1. The van der Waals surface area contributed by atoms with E-state index in [2.05, 4.69) is 20.6 Å². The first-order valence-electron chi connectivity index (χ1n) is 12.7. The molecule has 3 aliphatic carbocycles. The van der Waals surface area contributed by atoms with Crippen molar-refractivity contribution in [2.75, 3.05) is 0 Å². The molecule has 8 rings (SSSR count). The van der Waals surface area contributed by atoms with E-state index in [4.69, 9.17) is 9.41 Å². The molecule has 3 fully saturated rings. The van der Waals surface area contributed by atoms with E-state index in [9.17, 15) is 14.3 Å². The van der Waals surface area contributed by atoms with Crippen LogP contribution < -0.4 is 10.6 Å². The van der Waals surface area contributed by atoms with Gasteiger partial charge in [0.15, 0.2) is 5.76 Å². The number of aliphatic carboxylic acids is 1. The lowest BCUT2D eigenvalue weighted by Gasteiger charge is -2.47. The number of para-hydroxylation sites is 1. The van der Waals surface area contributed by atoms with Crippen LogP contribution in [0.2, 0.25) is 0 Å². The molecular weight excluding hydrogens is 473 g/mol. The average Bonchev–Trinajstić information content (AvgIpc) is 3.53. The molecule has 1 aromatic carbocycles. The van der Waals surface area contributed by atoms with Crippen LogP contribution in [0.1, 0.15) is 37.0 Å². The summed E-state index contributed by atoms with van der Waals surface area (Å²) in [4.78, 5) is 24.4. The van der Waals surface area contributed by atoms with E-state index in [1.54, 1.807) is 6.20 Å². The Kier molecular flexibility index (Phi) is 5.14. The van der Waals surface area contributed by atoms with Gasteiger partial charge in [-0.25, -0.2) is 14.4 Å². The maximum Gasteiger partial charge on any atom is 0.308 e. The Morgan fingerprint density at radius 2 is 1.95 bits per heavy atom. The number of amidine groups is 1. The highest BCUT2D eigenvalue weighted by molar-refractivity contribution is 6.12. The number of halogens is 1. The molecule has 4 heterocycles. The second-order valence-corrected chi connectivity index (χ2v) is 10.3. The van der Waals surface area contributed by atoms with Crippen LogP contribution in [-0.2, 0) is 4.79 Å². The zero-order chi connectivity index (χ0) is 25.1. The molecule has 1 aliphatic heterocycles. The van der Waals surface area contributed by atoms with Crippen molar-refractivity contribution < 1.29 is 18.7 Å². The number of furan rings is 1. The number of H-pyrrole nitrogens is 1. The lowest BCUT2D eigenvalue weighted by atomic mass is 9.61. The van der Waals surface area contributed by atoms with E-state index in [1.165, 1.54) is 12.3 Å². The molecule has 3 aromatic heterocycles. The number of benzene rings is 1. The summed E-state index contributed by atoms with van der Waals surface area (Å²) in [5.41, 5.74) is 2.71. The third-order valence-corrected chi connectivity index (χ3v) is 8.16. The zero-order valence-corrected chi connectivity index (χ0v) is 19.9. The predicted molar refractivity (Wildman–Crippen MR) is 137 cm³/mol. The van der Waals surface area contributed by atoms with E-state index in [-0.39, 0.29) is 12.0 Å². The predicted octanol–water partition coefficient (Wildman–Crippen LogP) is 4.64. The topological polar surface area (TPSA) is 116 Å². The van der Waals surface area contributed by atoms with Gasteiger partial charge >= 0.3 is 5.97 Å². The summed E-state index contributed by atoms with van der Waals surface area (Å²) in [6.07, 6.45) is 8.37. The van der Waals surface area contributed by atoms with Gasteiger partial charge in [-0.3, -0.25) is 10.1 Å². The van der Waals surface area contributed by atoms with Gasteiger partial charge in [-0.05, 0) is 61.8 Å². The lowest BCUT2D eigenvalue weighted by molar-refractivity contribution is -0.149. The highest BCUT2D eigenvalue weighted by atomic mass is 19.1. The Balaban J connectivity index is 1.30. The van der Waals surface area contributed by atoms with Crippen LogP contribution in [0.5, 0.6) is 0 Å².